The van der Waals surface area contributed by atoms with Crippen LogP contribution in [0, 0.1) is 5.92 Å². The molecule has 0 radical (unpaired) electrons. The highest BCUT2D eigenvalue weighted by Gasteiger charge is 2.35. The Hall–Kier alpha value is -0.130. The van der Waals surface area contributed by atoms with Crippen LogP contribution in [0.1, 0.15) is 48.0 Å². The highest BCUT2D eigenvalue weighted by Crippen LogP contribution is 2.22. The van der Waals surface area contributed by atoms with E-state index in [1.54, 1.807) is 13.8 Å². The van der Waals surface area contributed by atoms with Gasteiger partial charge in [-0.15, -0.1) is 0 Å². The first-order valence-electron chi connectivity index (χ1n) is 7.79. The lowest BCUT2D eigenvalue weighted by Crippen LogP contribution is -2.63. The van der Waals surface area contributed by atoms with Gasteiger partial charge in [0.15, 0.2) is 9.84 Å². The van der Waals surface area contributed by atoms with Gasteiger partial charge in [0, 0.05) is 31.2 Å². The Morgan fingerprint density at radius 3 is 2.40 bits per heavy atom. The Balaban J connectivity index is 2.75. The van der Waals surface area contributed by atoms with E-state index >= 15 is 0 Å². The first-order chi connectivity index (χ1) is 9.09. The molecule has 0 saturated carbocycles. The van der Waals surface area contributed by atoms with Gasteiger partial charge in [0.05, 0.1) is 11.0 Å². The quantitative estimate of drug-likeness (QED) is 0.814. The van der Waals surface area contributed by atoms with E-state index in [0.717, 1.165) is 19.5 Å². The van der Waals surface area contributed by atoms with Gasteiger partial charge in [0.1, 0.15) is 0 Å². The standard InChI is InChI=1S/C15H32N2O2S/c1-7-13(4)14-10-16-15(5,6)11-17(14)8-9-20(18,19)12(2)3/h12-14,16H,7-11H2,1-6H3. The minimum Gasteiger partial charge on any atom is -0.309 e. The molecule has 120 valence electrons. The Bertz CT molecular complexity index is 404. The molecule has 20 heavy (non-hydrogen) atoms. The van der Waals surface area contributed by atoms with Crippen LogP contribution in [0.25, 0.3) is 0 Å². The van der Waals surface area contributed by atoms with Crippen LogP contribution in [-0.4, -0.2) is 55.5 Å². The molecule has 1 aliphatic heterocycles. The van der Waals surface area contributed by atoms with Gasteiger partial charge in [-0.3, -0.25) is 4.90 Å². The van der Waals surface area contributed by atoms with E-state index in [1.807, 2.05) is 0 Å². The van der Waals surface area contributed by atoms with Crippen molar-refractivity contribution in [3.05, 3.63) is 0 Å². The van der Waals surface area contributed by atoms with Crippen LogP contribution in [0.5, 0.6) is 0 Å². The molecule has 1 rings (SSSR count). The van der Waals surface area contributed by atoms with E-state index in [1.165, 1.54) is 0 Å². The summed E-state index contributed by atoms with van der Waals surface area (Å²) in [6, 6.07) is 0.440. The van der Waals surface area contributed by atoms with Gasteiger partial charge in [0.25, 0.3) is 0 Å². The first kappa shape index (κ1) is 17.9. The molecule has 0 aliphatic carbocycles. The number of hydrogen-bond donors (Lipinski definition) is 1. The number of nitrogens with one attached hydrogen (secondary N) is 1. The average molecular weight is 304 g/mol. The van der Waals surface area contributed by atoms with Crippen molar-refractivity contribution in [1.29, 1.82) is 0 Å². The molecule has 0 amide bonds. The topological polar surface area (TPSA) is 49.4 Å². The van der Waals surface area contributed by atoms with Crippen molar-refractivity contribution in [2.45, 2.75) is 64.8 Å². The molecule has 2 atom stereocenters. The third kappa shape index (κ3) is 4.71. The van der Waals surface area contributed by atoms with E-state index in [4.69, 9.17) is 0 Å². The normalized spacial score (nSPS) is 25.9. The first-order valence-corrected chi connectivity index (χ1v) is 9.51. The van der Waals surface area contributed by atoms with Gasteiger partial charge < -0.3 is 5.32 Å². The minimum atomic E-state index is -2.95. The summed E-state index contributed by atoms with van der Waals surface area (Å²) >= 11 is 0. The van der Waals surface area contributed by atoms with Crippen molar-refractivity contribution in [1.82, 2.24) is 10.2 Å². The fraction of sp³-hybridized carbons (Fsp3) is 1.00. The molecule has 0 bridgehead atoms. The van der Waals surface area contributed by atoms with Crippen molar-refractivity contribution in [2.24, 2.45) is 5.92 Å². The highest BCUT2D eigenvalue weighted by atomic mass is 32.2. The molecule has 1 N–H and O–H groups in total. The Morgan fingerprint density at radius 2 is 1.90 bits per heavy atom. The Morgan fingerprint density at radius 1 is 1.30 bits per heavy atom. The maximum atomic E-state index is 12.0. The van der Waals surface area contributed by atoms with Crippen LogP contribution in [0.2, 0.25) is 0 Å². The molecular weight excluding hydrogens is 272 g/mol. The zero-order chi connectivity index (χ0) is 15.6. The summed E-state index contributed by atoms with van der Waals surface area (Å²) in [4.78, 5) is 2.38. The minimum absolute atomic E-state index is 0.0611. The largest absolute Gasteiger partial charge is 0.309 e. The predicted octanol–water partition coefficient (Wildman–Crippen LogP) is 1.91. The summed E-state index contributed by atoms with van der Waals surface area (Å²) in [5.74, 6) is 0.855. The summed E-state index contributed by atoms with van der Waals surface area (Å²) in [6.45, 7) is 14.9. The SMILES string of the molecule is CCC(C)C1CNC(C)(C)CN1CCS(=O)(=O)C(C)C. The van der Waals surface area contributed by atoms with Crippen molar-refractivity contribution >= 4 is 9.84 Å². The Labute approximate surface area is 125 Å². The number of piperazine rings is 1. The van der Waals surface area contributed by atoms with Crippen LogP contribution in [-0.2, 0) is 9.84 Å². The fourth-order valence-electron chi connectivity index (χ4n) is 2.75. The maximum absolute atomic E-state index is 12.0. The van der Waals surface area contributed by atoms with E-state index < -0.39 is 9.84 Å². The highest BCUT2D eigenvalue weighted by molar-refractivity contribution is 7.92. The van der Waals surface area contributed by atoms with Gasteiger partial charge in [-0.05, 0) is 33.6 Å². The molecule has 1 aliphatic rings. The fourth-order valence-corrected chi connectivity index (χ4v) is 3.71. The summed E-state index contributed by atoms with van der Waals surface area (Å²) < 4.78 is 24.1. The molecule has 1 fully saturated rings. The third-order valence-electron chi connectivity index (χ3n) is 4.54. The van der Waals surface area contributed by atoms with Crippen molar-refractivity contribution < 1.29 is 8.42 Å². The lowest BCUT2D eigenvalue weighted by molar-refractivity contribution is 0.0693. The molecule has 0 aromatic heterocycles. The van der Waals surface area contributed by atoms with Crippen molar-refractivity contribution in [2.75, 3.05) is 25.4 Å². The predicted molar refractivity (Wildman–Crippen MR) is 85.8 cm³/mol. The van der Waals surface area contributed by atoms with Gasteiger partial charge >= 0.3 is 0 Å². The molecule has 0 spiro atoms. The monoisotopic (exact) mass is 304 g/mol. The van der Waals surface area contributed by atoms with Crippen LogP contribution >= 0.6 is 0 Å². The van der Waals surface area contributed by atoms with Crippen molar-refractivity contribution in [3.8, 4) is 0 Å². The smallest absolute Gasteiger partial charge is 0.153 e. The zero-order valence-corrected chi connectivity index (χ0v) is 14.8. The molecule has 2 unspecified atom stereocenters. The van der Waals surface area contributed by atoms with Crippen LogP contribution in [0.3, 0.4) is 0 Å². The molecular formula is C15H32N2O2S. The second-order valence-electron chi connectivity index (χ2n) is 7.10. The number of rotatable bonds is 6. The van der Waals surface area contributed by atoms with Gasteiger partial charge in [-0.1, -0.05) is 20.3 Å². The van der Waals surface area contributed by atoms with E-state index in [0.29, 0.717) is 18.5 Å². The maximum Gasteiger partial charge on any atom is 0.153 e. The third-order valence-corrected chi connectivity index (χ3v) is 6.73. The molecule has 5 heteroatoms. The second-order valence-corrected chi connectivity index (χ2v) is 9.78. The second kappa shape index (κ2) is 6.75. The van der Waals surface area contributed by atoms with E-state index in [2.05, 4.69) is 37.9 Å². The van der Waals surface area contributed by atoms with Crippen LogP contribution < -0.4 is 5.32 Å². The number of sulfone groups is 1. The number of nitrogens with zero attached hydrogens (tertiary/aromatic N) is 1. The van der Waals surface area contributed by atoms with E-state index in [-0.39, 0.29) is 16.5 Å². The lowest BCUT2D eigenvalue weighted by Gasteiger charge is -2.46. The van der Waals surface area contributed by atoms with Gasteiger partial charge in [-0.25, -0.2) is 8.42 Å². The summed E-state index contributed by atoms with van der Waals surface area (Å²) in [6.07, 6.45) is 1.13. The zero-order valence-electron chi connectivity index (χ0n) is 13.9. The summed E-state index contributed by atoms with van der Waals surface area (Å²) in [5.41, 5.74) is 0.0611. The van der Waals surface area contributed by atoms with Gasteiger partial charge in [0.2, 0.25) is 0 Å². The lowest BCUT2D eigenvalue weighted by atomic mass is 9.91. The molecule has 0 aromatic rings. The van der Waals surface area contributed by atoms with E-state index in [9.17, 15) is 8.42 Å². The average Bonchev–Trinajstić information content (AvgIpc) is 2.34. The summed E-state index contributed by atoms with van der Waals surface area (Å²) in [5, 5.41) is 3.31. The van der Waals surface area contributed by atoms with Gasteiger partial charge in [-0.2, -0.15) is 0 Å². The molecule has 1 saturated heterocycles. The molecule has 4 nitrogen and oxygen atoms in total. The summed E-state index contributed by atoms with van der Waals surface area (Å²) in [7, 11) is -2.95. The van der Waals surface area contributed by atoms with Crippen LogP contribution in [0.15, 0.2) is 0 Å². The number of hydrogen-bond acceptors (Lipinski definition) is 4. The molecule has 1 heterocycles. The Kier molecular flexibility index (Phi) is 6.05. The van der Waals surface area contributed by atoms with Crippen LogP contribution in [0.4, 0.5) is 0 Å². The van der Waals surface area contributed by atoms with Crippen molar-refractivity contribution in [3.63, 3.8) is 0 Å². The molecule has 0 aromatic carbocycles.